The molecule has 0 radical (unpaired) electrons. The Labute approximate surface area is 159 Å². The van der Waals surface area contributed by atoms with Crippen molar-refractivity contribution in [2.45, 2.75) is 32.6 Å². The highest BCUT2D eigenvalue weighted by Crippen LogP contribution is 2.28. The van der Waals surface area contributed by atoms with Gasteiger partial charge in [0.25, 0.3) is 11.8 Å². The maximum atomic E-state index is 12.2. The molecule has 1 heterocycles. The maximum absolute atomic E-state index is 12.2. The van der Waals surface area contributed by atoms with Gasteiger partial charge in [-0.2, -0.15) is 0 Å². The third kappa shape index (κ3) is 6.29. The Balaban J connectivity index is 1.91. The second-order valence-electron chi connectivity index (χ2n) is 5.90. The highest BCUT2D eigenvalue weighted by molar-refractivity contribution is 5.98. The summed E-state index contributed by atoms with van der Waals surface area (Å²) in [5.74, 6) is 0.0901. The number of rotatable bonds is 9. The van der Waals surface area contributed by atoms with Crippen LogP contribution in [-0.4, -0.2) is 30.5 Å². The van der Waals surface area contributed by atoms with Crippen molar-refractivity contribution in [3.8, 4) is 11.5 Å². The zero-order valence-corrected chi connectivity index (χ0v) is 15.7. The molecule has 2 aromatic rings. The van der Waals surface area contributed by atoms with Crippen LogP contribution in [0.3, 0.4) is 0 Å². The largest absolute Gasteiger partial charge is 0.493 e. The molecule has 0 aliphatic carbocycles. The normalized spacial score (nSPS) is 10.1. The molecule has 0 saturated carbocycles. The van der Waals surface area contributed by atoms with E-state index in [1.54, 1.807) is 36.4 Å². The molecule has 1 aromatic carbocycles. The predicted molar refractivity (Wildman–Crippen MR) is 102 cm³/mol. The molecule has 2 N–H and O–H groups in total. The number of hydrogen-bond donors (Lipinski definition) is 2. The number of nitrogens with zero attached hydrogens (tertiary/aromatic N) is 1. The molecule has 1 aromatic heterocycles. The Kier molecular flexibility index (Phi) is 8.09. The highest BCUT2D eigenvalue weighted by Gasteiger charge is 2.13. The van der Waals surface area contributed by atoms with Gasteiger partial charge in [-0.1, -0.05) is 32.3 Å². The summed E-state index contributed by atoms with van der Waals surface area (Å²) in [4.78, 5) is 28.1. The van der Waals surface area contributed by atoms with Crippen molar-refractivity contribution in [3.05, 3.63) is 53.9 Å². The summed E-state index contributed by atoms with van der Waals surface area (Å²) in [6.45, 7) is 2.76. The van der Waals surface area contributed by atoms with E-state index in [0.29, 0.717) is 23.7 Å². The Morgan fingerprint density at radius 1 is 1.00 bits per heavy atom. The standard InChI is InChI=1S/C20H25N3O4/c1-3-4-5-8-13-27-17-11-10-15(14-18(17)26-2)19(24)22-23-20(25)16-9-6-7-12-21-16/h6-7,9-12,14H,3-5,8,13H2,1-2H3,(H,22,24)(H,23,25). The first-order chi connectivity index (χ1) is 13.2. The van der Waals surface area contributed by atoms with E-state index >= 15 is 0 Å². The van der Waals surface area contributed by atoms with Gasteiger partial charge in [-0.3, -0.25) is 25.4 Å². The number of hydrogen-bond acceptors (Lipinski definition) is 5. The van der Waals surface area contributed by atoms with E-state index in [2.05, 4.69) is 22.8 Å². The Morgan fingerprint density at radius 2 is 1.81 bits per heavy atom. The molecule has 0 spiro atoms. The van der Waals surface area contributed by atoms with Gasteiger partial charge in [0.2, 0.25) is 0 Å². The minimum atomic E-state index is -0.497. The van der Waals surface area contributed by atoms with Crippen LogP contribution in [0, 0.1) is 0 Å². The molecule has 0 atom stereocenters. The van der Waals surface area contributed by atoms with E-state index < -0.39 is 11.8 Å². The van der Waals surface area contributed by atoms with Crippen LogP contribution in [0.5, 0.6) is 11.5 Å². The summed E-state index contributed by atoms with van der Waals surface area (Å²) in [5, 5.41) is 0. The van der Waals surface area contributed by atoms with Gasteiger partial charge in [-0.15, -0.1) is 0 Å². The highest BCUT2D eigenvalue weighted by atomic mass is 16.5. The Bertz CT molecular complexity index is 750. The van der Waals surface area contributed by atoms with Crippen LogP contribution in [0.1, 0.15) is 53.5 Å². The van der Waals surface area contributed by atoms with Crippen LogP contribution < -0.4 is 20.3 Å². The van der Waals surface area contributed by atoms with Gasteiger partial charge in [0.1, 0.15) is 5.69 Å². The van der Waals surface area contributed by atoms with E-state index in [9.17, 15) is 9.59 Å². The number of amides is 2. The summed E-state index contributed by atoms with van der Waals surface area (Å²) >= 11 is 0. The van der Waals surface area contributed by atoms with Gasteiger partial charge in [-0.25, -0.2) is 0 Å². The van der Waals surface area contributed by atoms with E-state index in [0.717, 1.165) is 12.8 Å². The number of unbranched alkanes of at least 4 members (excludes halogenated alkanes) is 3. The minimum Gasteiger partial charge on any atom is -0.493 e. The molecule has 2 rings (SSSR count). The first-order valence-electron chi connectivity index (χ1n) is 8.98. The molecule has 0 saturated heterocycles. The van der Waals surface area contributed by atoms with Crippen molar-refractivity contribution < 1.29 is 19.1 Å². The lowest BCUT2D eigenvalue weighted by molar-refractivity contribution is 0.0843. The van der Waals surface area contributed by atoms with Gasteiger partial charge in [-0.05, 0) is 36.8 Å². The molecule has 0 aliphatic rings. The second kappa shape index (κ2) is 10.8. The number of ether oxygens (including phenoxy) is 2. The topological polar surface area (TPSA) is 89.6 Å². The number of nitrogens with one attached hydrogen (secondary N) is 2. The lowest BCUT2D eigenvalue weighted by atomic mass is 10.2. The van der Waals surface area contributed by atoms with E-state index in [1.165, 1.54) is 26.1 Å². The number of carbonyl (C=O) groups is 2. The monoisotopic (exact) mass is 371 g/mol. The number of methoxy groups -OCH3 is 1. The van der Waals surface area contributed by atoms with Crippen LogP contribution in [0.25, 0.3) is 0 Å². The SMILES string of the molecule is CCCCCCOc1ccc(C(=O)NNC(=O)c2ccccn2)cc1OC. The molecule has 2 amide bonds. The lowest BCUT2D eigenvalue weighted by Crippen LogP contribution is -2.41. The van der Waals surface area contributed by atoms with Crippen molar-refractivity contribution in [3.63, 3.8) is 0 Å². The third-order valence-electron chi connectivity index (χ3n) is 3.87. The number of pyridine rings is 1. The fourth-order valence-corrected chi connectivity index (χ4v) is 2.39. The fraction of sp³-hybridized carbons (Fsp3) is 0.350. The van der Waals surface area contributed by atoms with Crippen LogP contribution in [-0.2, 0) is 0 Å². The lowest BCUT2D eigenvalue weighted by Gasteiger charge is -2.12. The van der Waals surface area contributed by atoms with Crippen LogP contribution >= 0.6 is 0 Å². The molecule has 0 aliphatic heterocycles. The second-order valence-corrected chi connectivity index (χ2v) is 5.90. The summed E-state index contributed by atoms with van der Waals surface area (Å²) in [6, 6.07) is 9.83. The summed E-state index contributed by atoms with van der Waals surface area (Å²) in [7, 11) is 1.52. The maximum Gasteiger partial charge on any atom is 0.288 e. The van der Waals surface area contributed by atoms with E-state index in [-0.39, 0.29) is 5.69 Å². The Morgan fingerprint density at radius 3 is 2.52 bits per heavy atom. The van der Waals surface area contributed by atoms with Gasteiger partial charge >= 0.3 is 0 Å². The van der Waals surface area contributed by atoms with Crippen molar-refractivity contribution in [1.29, 1.82) is 0 Å². The van der Waals surface area contributed by atoms with Crippen molar-refractivity contribution in [2.24, 2.45) is 0 Å². The quantitative estimate of drug-likeness (QED) is 0.522. The molecule has 7 heteroatoms. The van der Waals surface area contributed by atoms with Crippen molar-refractivity contribution in [1.82, 2.24) is 15.8 Å². The molecule has 27 heavy (non-hydrogen) atoms. The average molecular weight is 371 g/mol. The van der Waals surface area contributed by atoms with Crippen molar-refractivity contribution in [2.75, 3.05) is 13.7 Å². The predicted octanol–water partition coefficient (Wildman–Crippen LogP) is 3.12. The minimum absolute atomic E-state index is 0.210. The van der Waals surface area contributed by atoms with Crippen molar-refractivity contribution >= 4 is 11.8 Å². The van der Waals surface area contributed by atoms with Gasteiger partial charge in [0, 0.05) is 11.8 Å². The molecular formula is C20H25N3O4. The molecule has 7 nitrogen and oxygen atoms in total. The average Bonchev–Trinajstić information content (AvgIpc) is 2.72. The smallest absolute Gasteiger partial charge is 0.288 e. The van der Waals surface area contributed by atoms with Gasteiger partial charge < -0.3 is 9.47 Å². The zero-order chi connectivity index (χ0) is 19.5. The van der Waals surface area contributed by atoms with Crippen LogP contribution in [0.4, 0.5) is 0 Å². The zero-order valence-electron chi connectivity index (χ0n) is 15.7. The molecule has 144 valence electrons. The molecular weight excluding hydrogens is 346 g/mol. The molecule has 0 fully saturated rings. The molecule has 0 unspecified atom stereocenters. The number of aromatic nitrogens is 1. The van der Waals surface area contributed by atoms with Crippen LogP contribution in [0.15, 0.2) is 42.6 Å². The number of benzene rings is 1. The fourth-order valence-electron chi connectivity index (χ4n) is 2.39. The molecule has 0 bridgehead atoms. The summed E-state index contributed by atoms with van der Waals surface area (Å²) < 4.78 is 11.0. The first kappa shape index (κ1) is 20.2. The van der Waals surface area contributed by atoms with Gasteiger partial charge in [0.15, 0.2) is 11.5 Å². The van der Waals surface area contributed by atoms with E-state index in [4.69, 9.17) is 9.47 Å². The van der Waals surface area contributed by atoms with Gasteiger partial charge in [0.05, 0.1) is 13.7 Å². The summed E-state index contributed by atoms with van der Waals surface area (Å²) in [6.07, 6.45) is 5.95. The number of hydrazine groups is 1. The Hall–Kier alpha value is -3.09. The third-order valence-corrected chi connectivity index (χ3v) is 3.87. The summed E-state index contributed by atoms with van der Waals surface area (Å²) in [5.41, 5.74) is 5.24. The van der Waals surface area contributed by atoms with E-state index in [1.807, 2.05) is 0 Å². The first-order valence-corrected chi connectivity index (χ1v) is 8.98. The number of carbonyl (C=O) groups excluding carboxylic acids is 2. The van der Waals surface area contributed by atoms with Crippen LogP contribution in [0.2, 0.25) is 0 Å².